The number of rotatable bonds is 5. The molecule has 4 nitrogen and oxygen atoms in total. The molecular formula is C14H17N3O. The Kier molecular flexibility index (Phi) is 4.12. The van der Waals surface area contributed by atoms with Crippen LogP contribution in [0.15, 0.2) is 36.7 Å². The predicted octanol–water partition coefficient (Wildman–Crippen LogP) is 2.66. The molecule has 18 heavy (non-hydrogen) atoms. The van der Waals surface area contributed by atoms with E-state index in [1.54, 1.807) is 0 Å². The zero-order valence-electron chi connectivity index (χ0n) is 10.7. The number of hydrogen-bond acceptors (Lipinski definition) is 4. The number of nitrogens with one attached hydrogen (secondary N) is 1. The Bertz CT molecular complexity index is 500. The minimum atomic E-state index is 0.522. The number of nitrogens with zero attached hydrogens (tertiary/aromatic N) is 2. The molecule has 0 aliphatic carbocycles. The molecule has 2 aromatic rings. The van der Waals surface area contributed by atoms with E-state index in [9.17, 15) is 0 Å². The highest BCUT2D eigenvalue weighted by Gasteiger charge is 2.09. The van der Waals surface area contributed by atoms with Crippen molar-refractivity contribution in [1.82, 2.24) is 9.97 Å². The summed E-state index contributed by atoms with van der Waals surface area (Å²) in [4.78, 5) is 8.38. The van der Waals surface area contributed by atoms with E-state index in [2.05, 4.69) is 22.2 Å². The summed E-state index contributed by atoms with van der Waals surface area (Å²) in [5.41, 5.74) is 2.14. The van der Waals surface area contributed by atoms with E-state index >= 15 is 0 Å². The fourth-order valence-electron chi connectivity index (χ4n) is 1.78. The van der Waals surface area contributed by atoms with Crippen LogP contribution >= 0.6 is 0 Å². The molecule has 0 spiro atoms. The molecule has 4 heteroatoms. The third-order valence-corrected chi connectivity index (χ3v) is 2.71. The van der Waals surface area contributed by atoms with Gasteiger partial charge in [-0.25, -0.2) is 9.97 Å². The van der Waals surface area contributed by atoms with Crippen LogP contribution in [0.5, 0.6) is 5.88 Å². The SMILES string of the molecule is CCc1c(NC)ncnc1OCc1ccccc1. The lowest BCUT2D eigenvalue weighted by Gasteiger charge is -2.12. The van der Waals surface area contributed by atoms with Gasteiger partial charge in [-0.3, -0.25) is 0 Å². The van der Waals surface area contributed by atoms with Gasteiger partial charge < -0.3 is 10.1 Å². The third-order valence-electron chi connectivity index (χ3n) is 2.71. The Morgan fingerprint density at radius 1 is 1.17 bits per heavy atom. The fraction of sp³-hybridized carbons (Fsp3) is 0.286. The van der Waals surface area contributed by atoms with E-state index in [0.29, 0.717) is 12.5 Å². The van der Waals surface area contributed by atoms with Gasteiger partial charge in [0.15, 0.2) is 0 Å². The highest BCUT2D eigenvalue weighted by molar-refractivity contribution is 5.48. The second kappa shape index (κ2) is 6.00. The van der Waals surface area contributed by atoms with Crippen molar-refractivity contribution in [2.24, 2.45) is 0 Å². The molecular weight excluding hydrogens is 226 g/mol. The highest BCUT2D eigenvalue weighted by atomic mass is 16.5. The maximum absolute atomic E-state index is 5.77. The second-order valence-electron chi connectivity index (χ2n) is 3.88. The van der Waals surface area contributed by atoms with Gasteiger partial charge in [-0.2, -0.15) is 0 Å². The number of benzene rings is 1. The quantitative estimate of drug-likeness (QED) is 0.877. The van der Waals surface area contributed by atoms with Crippen LogP contribution in [0.3, 0.4) is 0 Å². The molecule has 0 radical (unpaired) electrons. The van der Waals surface area contributed by atoms with E-state index in [-0.39, 0.29) is 0 Å². The number of aromatic nitrogens is 2. The van der Waals surface area contributed by atoms with Crippen molar-refractivity contribution in [1.29, 1.82) is 0 Å². The van der Waals surface area contributed by atoms with Crippen LogP contribution in [-0.2, 0) is 13.0 Å². The lowest BCUT2D eigenvalue weighted by atomic mass is 10.2. The number of hydrogen-bond donors (Lipinski definition) is 1. The van der Waals surface area contributed by atoms with Gasteiger partial charge in [-0.05, 0) is 12.0 Å². The van der Waals surface area contributed by atoms with Crippen molar-refractivity contribution in [2.45, 2.75) is 20.0 Å². The Hall–Kier alpha value is -2.10. The van der Waals surface area contributed by atoms with Gasteiger partial charge in [0.05, 0.1) is 5.56 Å². The molecule has 0 atom stereocenters. The zero-order valence-corrected chi connectivity index (χ0v) is 10.7. The van der Waals surface area contributed by atoms with Crippen LogP contribution in [-0.4, -0.2) is 17.0 Å². The molecule has 1 aromatic carbocycles. The molecule has 94 valence electrons. The maximum atomic E-state index is 5.77. The first-order valence-corrected chi connectivity index (χ1v) is 6.03. The minimum Gasteiger partial charge on any atom is -0.472 e. The van der Waals surface area contributed by atoms with Gasteiger partial charge in [0.25, 0.3) is 0 Å². The molecule has 1 heterocycles. The zero-order chi connectivity index (χ0) is 12.8. The lowest BCUT2D eigenvalue weighted by Crippen LogP contribution is -2.05. The Balaban J connectivity index is 2.14. The monoisotopic (exact) mass is 243 g/mol. The smallest absolute Gasteiger partial charge is 0.222 e. The van der Waals surface area contributed by atoms with Crippen molar-refractivity contribution >= 4 is 5.82 Å². The number of anilines is 1. The molecule has 0 saturated carbocycles. The molecule has 1 N–H and O–H groups in total. The van der Waals surface area contributed by atoms with Gasteiger partial charge >= 0.3 is 0 Å². The highest BCUT2D eigenvalue weighted by Crippen LogP contribution is 2.22. The predicted molar refractivity (Wildman–Crippen MR) is 71.7 cm³/mol. The van der Waals surface area contributed by atoms with E-state index in [1.807, 2.05) is 37.4 Å². The summed E-state index contributed by atoms with van der Waals surface area (Å²) in [6.45, 7) is 2.59. The second-order valence-corrected chi connectivity index (χ2v) is 3.88. The van der Waals surface area contributed by atoms with Crippen molar-refractivity contribution < 1.29 is 4.74 Å². The first-order chi connectivity index (χ1) is 8.85. The molecule has 2 rings (SSSR count). The van der Waals surface area contributed by atoms with Crippen molar-refractivity contribution in [2.75, 3.05) is 12.4 Å². The summed E-state index contributed by atoms with van der Waals surface area (Å²) < 4.78 is 5.77. The maximum Gasteiger partial charge on any atom is 0.222 e. The summed E-state index contributed by atoms with van der Waals surface area (Å²) in [6, 6.07) is 10.1. The molecule has 0 bridgehead atoms. The standard InChI is InChI=1S/C14H17N3O/c1-3-12-13(15-2)16-10-17-14(12)18-9-11-7-5-4-6-8-11/h4-8,10H,3,9H2,1-2H3,(H,15,16,17). The largest absolute Gasteiger partial charge is 0.472 e. The van der Waals surface area contributed by atoms with Crippen molar-refractivity contribution in [3.63, 3.8) is 0 Å². The molecule has 0 unspecified atom stereocenters. The van der Waals surface area contributed by atoms with E-state index in [4.69, 9.17) is 4.74 Å². The first-order valence-electron chi connectivity index (χ1n) is 6.03. The average molecular weight is 243 g/mol. The fourth-order valence-corrected chi connectivity index (χ4v) is 1.78. The third kappa shape index (κ3) is 2.77. The molecule has 1 aromatic heterocycles. The van der Waals surface area contributed by atoms with Gasteiger partial charge in [-0.1, -0.05) is 37.3 Å². The summed E-state index contributed by atoms with van der Waals surface area (Å²) >= 11 is 0. The first kappa shape index (κ1) is 12.4. The van der Waals surface area contributed by atoms with Crippen molar-refractivity contribution in [3.05, 3.63) is 47.8 Å². The summed E-state index contributed by atoms with van der Waals surface area (Å²) in [7, 11) is 1.85. The van der Waals surface area contributed by atoms with Crippen LogP contribution in [0.4, 0.5) is 5.82 Å². The normalized spacial score (nSPS) is 10.1. The molecule has 0 fully saturated rings. The van der Waals surface area contributed by atoms with Crippen LogP contribution in [0.2, 0.25) is 0 Å². The lowest BCUT2D eigenvalue weighted by molar-refractivity contribution is 0.290. The Morgan fingerprint density at radius 2 is 1.94 bits per heavy atom. The van der Waals surface area contributed by atoms with E-state index in [0.717, 1.165) is 23.4 Å². The van der Waals surface area contributed by atoms with Gasteiger partial charge in [0.2, 0.25) is 5.88 Å². The van der Waals surface area contributed by atoms with Crippen LogP contribution < -0.4 is 10.1 Å². The van der Waals surface area contributed by atoms with Crippen LogP contribution in [0.25, 0.3) is 0 Å². The van der Waals surface area contributed by atoms with E-state index < -0.39 is 0 Å². The Morgan fingerprint density at radius 3 is 2.61 bits per heavy atom. The Labute approximate surface area is 107 Å². The van der Waals surface area contributed by atoms with Crippen molar-refractivity contribution in [3.8, 4) is 5.88 Å². The topological polar surface area (TPSA) is 47.0 Å². The minimum absolute atomic E-state index is 0.522. The van der Waals surface area contributed by atoms with Gasteiger partial charge in [0, 0.05) is 7.05 Å². The van der Waals surface area contributed by atoms with Gasteiger partial charge in [-0.15, -0.1) is 0 Å². The molecule has 0 aliphatic heterocycles. The molecule has 0 aliphatic rings. The summed E-state index contributed by atoms with van der Waals surface area (Å²) in [5.74, 6) is 1.48. The number of ether oxygens (including phenoxy) is 1. The average Bonchev–Trinajstić information content (AvgIpc) is 2.45. The van der Waals surface area contributed by atoms with Crippen LogP contribution in [0.1, 0.15) is 18.1 Å². The summed E-state index contributed by atoms with van der Waals surface area (Å²) in [5, 5.41) is 3.05. The van der Waals surface area contributed by atoms with Gasteiger partial charge in [0.1, 0.15) is 18.8 Å². The van der Waals surface area contributed by atoms with Crippen LogP contribution in [0, 0.1) is 0 Å². The summed E-state index contributed by atoms with van der Waals surface area (Å²) in [6.07, 6.45) is 2.35. The van der Waals surface area contributed by atoms with E-state index in [1.165, 1.54) is 6.33 Å². The molecule has 0 saturated heterocycles. The molecule has 0 amide bonds.